The molecule has 0 heterocycles. The van der Waals surface area contributed by atoms with Crippen LogP contribution >= 0.6 is 0 Å². The summed E-state index contributed by atoms with van der Waals surface area (Å²) in [4.78, 5) is 38.3. The number of hydrogen-bond acceptors (Lipinski definition) is 6. The zero-order valence-electron chi connectivity index (χ0n) is 54.4. The quantitative estimate of drug-likeness (QED) is 0.0261. The molecule has 0 saturated heterocycles. The smallest absolute Gasteiger partial charge is 0.306 e. The van der Waals surface area contributed by atoms with Gasteiger partial charge in [0.1, 0.15) is 13.2 Å². The minimum absolute atomic E-state index is 0.111. The first-order valence-corrected chi connectivity index (χ1v) is 35.0. The fourth-order valence-electron chi connectivity index (χ4n) is 9.82. The molecular formula is C77H130O6. The Hall–Kier alpha value is -4.19. The van der Waals surface area contributed by atoms with Gasteiger partial charge in [-0.2, -0.15) is 0 Å². The van der Waals surface area contributed by atoms with Gasteiger partial charge in [0.05, 0.1) is 0 Å². The molecule has 0 N–H and O–H groups in total. The van der Waals surface area contributed by atoms with Gasteiger partial charge in [0.25, 0.3) is 0 Å². The summed E-state index contributed by atoms with van der Waals surface area (Å²) in [5.74, 6) is -1.01. The Morgan fingerprint density at radius 1 is 0.253 bits per heavy atom. The van der Waals surface area contributed by atoms with Crippen LogP contribution in [0.5, 0.6) is 0 Å². The summed E-state index contributed by atoms with van der Waals surface area (Å²) in [5.41, 5.74) is 0. The van der Waals surface area contributed by atoms with Crippen LogP contribution < -0.4 is 0 Å². The van der Waals surface area contributed by atoms with Gasteiger partial charge >= 0.3 is 17.9 Å². The molecule has 83 heavy (non-hydrogen) atoms. The number of ether oxygens (including phenoxy) is 3. The lowest BCUT2D eigenvalue weighted by Gasteiger charge is -2.18. The first-order valence-electron chi connectivity index (χ1n) is 35.0. The average Bonchev–Trinajstić information content (AvgIpc) is 3.49. The normalized spacial score (nSPS) is 12.9. The number of allylic oxidation sites excluding steroid dienone is 20. The third-order valence-corrected chi connectivity index (χ3v) is 15.0. The predicted octanol–water partition coefficient (Wildman–Crippen LogP) is 24.3. The van der Waals surface area contributed by atoms with Gasteiger partial charge < -0.3 is 14.2 Å². The molecule has 0 bridgehead atoms. The molecule has 6 nitrogen and oxygen atoms in total. The zero-order valence-corrected chi connectivity index (χ0v) is 54.4. The molecule has 0 aliphatic heterocycles. The van der Waals surface area contributed by atoms with Crippen LogP contribution in [0.3, 0.4) is 0 Å². The van der Waals surface area contributed by atoms with Crippen LogP contribution in [0, 0.1) is 0 Å². The summed E-state index contributed by atoms with van der Waals surface area (Å²) in [7, 11) is 0. The lowest BCUT2D eigenvalue weighted by atomic mass is 10.0. The van der Waals surface area contributed by atoms with Crippen LogP contribution in [0.25, 0.3) is 0 Å². The van der Waals surface area contributed by atoms with Crippen molar-refractivity contribution in [2.24, 2.45) is 0 Å². The van der Waals surface area contributed by atoms with E-state index in [-0.39, 0.29) is 44.0 Å². The van der Waals surface area contributed by atoms with Gasteiger partial charge in [-0.1, -0.05) is 335 Å². The fourth-order valence-corrected chi connectivity index (χ4v) is 9.82. The molecule has 474 valence electrons. The molecule has 0 aliphatic carbocycles. The topological polar surface area (TPSA) is 78.9 Å². The van der Waals surface area contributed by atoms with E-state index >= 15 is 0 Å². The molecule has 6 heteroatoms. The van der Waals surface area contributed by atoms with Crippen molar-refractivity contribution in [3.05, 3.63) is 122 Å². The van der Waals surface area contributed by atoms with Crippen LogP contribution in [0.2, 0.25) is 0 Å². The number of hydrogen-bond donors (Lipinski definition) is 0. The maximum absolute atomic E-state index is 12.9. The third-order valence-electron chi connectivity index (χ3n) is 15.0. The van der Waals surface area contributed by atoms with Crippen LogP contribution in [0.4, 0.5) is 0 Å². The summed E-state index contributed by atoms with van der Waals surface area (Å²) in [5, 5.41) is 0. The minimum atomic E-state index is -0.825. The monoisotopic (exact) mass is 1150 g/mol. The van der Waals surface area contributed by atoms with Crippen molar-refractivity contribution in [1.29, 1.82) is 0 Å². The van der Waals surface area contributed by atoms with Gasteiger partial charge in [-0.15, -0.1) is 0 Å². The van der Waals surface area contributed by atoms with Crippen molar-refractivity contribution in [2.75, 3.05) is 13.2 Å². The van der Waals surface area contributed by atoms with E-state index in [1.54, 1.807) is 0 Å². The lowest BCUT2D eigenvalue weighted by molar-refractivity contribution is -0.166. The highest BCUT2D eigenvalue weighted by Gasteiger charge is 2.19. The maximum atomic E-state index is 12.9. The highest BCUT2D eigenvalue weighted by atomic mass is 16.6. The minimum Gasteiger partial charge on any atom is -0.462 e. The highest BCUT2D eigenvalue weighted by molar-refractivity contribution is 5.71. The maximum Gasteiger partial charge on any atom is 0.306 e. The zero-order chi connectivity index (χ0) is 59.9. The average molecular weight is 1150 g/mol. The van der Waals surface area contributed by atoms with Gasteiger partial charge in [-0.05, 0) is 96.3 Å². The van der Waals surface area contributed by atoms with E-state index in [2.05, 4.69) is 136 Å². The van der Waals surface area contributed by atoms with Crippen molar-refractivity contribution in [3.8, 4) is 0 Å². The first-order chi connectivity index (χ1) is 41.0. The van der Waals surface area contributed by atoms with Gasteiger partial charge in [-0.3, -0.25) is 14.4 Å². The summed E-state index contributed by atoms with van der Waals surface area (Å²) in [6.45, 7) is 6.36. The summed E-state index contributed by atoms with van der Waals surface area (Å²) >= 11 is 0. The Morgan fingerprint density at radius 2 is 0.494 bits per heavy atom. The van der Waals surface area contributed by atoms with E-state index in [1.807, 2.05) is 6.08 Å². The Kier molecular flexibility index (Phi) is 66.7. The van der Waals surface area contributed by atoms with E-state index < -0.39 is 6.10 Å². The lowest BCUT2D eigenvalue weighted by Crippen LogP contribution is -2.30. The van der Waals surface area contributed by atoms with Gasteiger partial charge in [0.2, 0.25) is 0 Å². The van der Waals surface area contributed by atoms with E-state index in [0.717, 1.165) is 116 Å². The van der Waals surface area contributed by atoms with E-state index in [4.69, 9.17) is 14.2 Å². The van der Waals surface area contributed by atoms with E-state index in [0.29, 0.717) is 12.8 Å². The predicted molar refractivity (Wildman–Crippen MR) is 362 cm³/mol. The largest absolute Gasteiger partial charge is 0.462 e. The van der Waals surface area contributed by atoms with Gasteiger partial charge in [0.15, 0.2) is 6.10 Å². The SMILES string of the molecule is CC/C=C\C/C=C\C/C=C\C/C=C\C/C=C\C/C=C\CCCCCCC(=O)OC(COC(=O)CC/C=C\C/C=C\C/C=C\C/C=C\CC)COC(=O)CCCCCCCCCCCCCCCCCCCCCCCCCCCCCCC. The fraction of sp³-hybridized carbons (Fsp3) is 0.701. The molecule has 0 aliphatic rings. The van der Waals surface area contributed by atoms with Crippen molar-refractivity contribution < 1.29 is 28.6 Å². The second-order valence-electron chi connectivity index (χ2n) is 23.0. The molecule has 0 aromatic rings. The Morgan fingerprint density at radius 3 is 0.807 bits per heavy atom. The number of carbonyl (C=O) groups excluding carboxylic acids is 3. The van der Waals surface area contributed by atoms with Crippen molar-refractivity contribution in [1.82, 2.24) is 0 Å². The van der Waals surface area contributed by atoms with Gasteiger partial charge in [0, 0.05) is 19.3 Å². The van der Waals surface area contributed by atoms with Gasteiger partial charge in [-0.25, -0.2) is 0 Å². The Labute approximate surface area is 513 Å². The number of carbonyl (C=O) groups is 3. The summed E-state index contributed by atoms with van der Waals surface area (Å²) in [6.07, 6.45) is 98.3. The van der Waals surface area contributed by atoms with Crippen LogP contribution in [0.1, 0.15) is 329 Å². The molecule has 0 aromatic carbocycles. The molecule has 0 radical (unpaired) electrons. The molecule has 1 atom stereocenters. The standard InChI is InChI=1S/C77H130O6/c1-4-7-10-13-16-19-22-25-27-29-31-33-35-36-37-38-39-40-42-43-45-47-49-52-55-58-61-64-67-70-76(79)82-73-74(72-81-75(78)69-66-63-60-57-54-51-24-21-18-15-12-9-6-3)83-77(80)71-68-65-62-59-56-53-50-48-46-44-41-34-32-30-28-26-23-20-17-14-11-8-5-2/h8-9,11-12,17-18,20-21,26,28,32,34,44,46,50-51,53-54,60,63,74H,4-7,10,13-16,19,22-25,27,29-31,33,35-43,45,47-49,52,55-59,61-62,64-73H2,1-3H3/b11-8-,12-9-,20-17-,21-18-,28-26-,34-32-,46-44-,53-50-,54-51-,63-60-. The second kappa shape index (κ2) is 70.3. The molecule has 0 fully saturated rings. The van der Waals surface area contributed by atoms with Crippen molar-refractivity contribution in [3.63, 3.8) is 0 Å². The van der Waals surface area contributed by atoms with Crippen molar-refractivity contribution >= 4 is 17.9 Å². The van der Waals surface area contributed by atoms with E-state index in [9.17, 15) is 14.4 Å². The number of rotatable bonds is 63. The third kappa shape index (κ3) is 68.5. The van der Waals surface area contributed by atoms with Crippen LogP contribution in [-0.2, 0) is 28.6 Å². The number of unbranched alkanes of at least 4 members (excludes halogenated alkanes) is 32. The second-order valence-corrected chi connectivity index (χ2v) is 23.0. The highest BCUT2D eigenvalue weighted by Crippen LogP contribution is 2.18. The number of esters is 3. The van der Waals surface area contributed by atoms with E-state index in [1.165, 1.54) is 167 Å². The summed E-state index contributed by atoms with van der Waals surface area (Å²) < 4.78 is 16.9. The molecule has 0 rings (SSSR count). The first kappa shape index (κ1) is 78.8. The summed E-state index contributed by atoms with van der Waals surface area (Å²) in [6, 6.07) is 0. The molecule has 0 spiro atoms. The Bertz CT molecular complexity index is 1700. The molecule has 1 unspecified atom stereocenters. The molecule has 0 aromatic heterocycles. The van der Waals surface area contributed by atoms with Crippen molar-refractivity contribution in [2.45, 2.75) is 335 Å². The Balaban J connectivity index is 4.32. The molecule has 0 amide bonds. The molecular weight excluding hydrogens is 1020 g/mol. The van der Waals surface area contributed by atoms with Crippen LogP contribution in [0.15, 0.2) is 122 Å². The van der Waals surface area contributed by atoms with Crippen LogP contribution in [-0.4, -0.2) is 37.2 Å². The molecule has 0 saturated carbocycles.